The van der Waals surface area contributed by atoms with E-state index in [0.717, 1.165) is 5.56 Å². The molecule has 1 unspecified atom stereocenters. The number of hydrogen-bond donors (Lipinski definition) is 2. The van der Waals surface area contributed by atoms with Gasteiger partial charge in [0, 0.05) is 12.3 Å². The van der Waals surface area contributed by atoms with Crippen molar-refractivity contribution in [3.8, 4) is 0 Å². The van der Waals surface area contributed by atoms with Crippen molar-refractivity contribution in [3.05, 3.63) is 48.2 Å². The Morgan fingerprint density at radius 3 is 2.50 bits per heavy atom. The average molecular weight is 301 g/mol. The largest absolute Gasteiger partial charge is 0.480 e. The zero-order chi connectivity index (χ0) is 16.1. The average Bonchev–Trinajstić information content (AvgIpc) is 2.85. The molecule has 0 radical (unpaired) electrons. The lowest BCUT2D eigenvalue weighted by Gasteiger charge is -2.20. The van der Waals surface area contributed by atoms with E-state index in [2.05, 4.69) is 10.4 Å². The molecule has 0 saturated heterocycles. The summed E-state index contributed by atoms with van der Waals surface area (Å²) in [6, 6.07) is 11.1. The van der Waals surface area contributed by atoms with Crippen LogP contribution in [0.3, 0.4) is 0 Å². The van der Waals surface area contributed by atoms with Crippen molar-refractivity contribution >= 4 is 17.7 Å². The zero-order valence-corrected chi connectivity index (χ0v) is 12.6. The van der Waals surface area contributed by atoms with Crippen LogP contribution in [0.1, 0.15) is 25.3 Å². The number of carboxylic acids is 1. The van der Waals surface area contributed by atoms with E-state index in [1.807, 2.05) is 44.2 Å². The van der Waals surface area contributed by atoms with Gasteiger partial charge in [0.25, 0.3) is 0 Å². The van der Waals surface area contributed by atoms with Crippen LogP contribution >= 0.6 is 0 Å². The number of carbonyl (C=O) groups excluding carboxylic acids is 1. The van der Waals surface area contributed by atoms with Crippen molar-refractivity contribution in [2.45, 2.75) is 26.3 Å². The van der Waals surface area contributed by atoms with E-state index < -0.39 is 5.97 Å². The van der Waals surface area contributed by atoms with Crippen molar-refractivity contribution in [3.63, 3.8) is 0 Å². The number of nitrogens with zero attached hydrogens (tertiary/aromatic N) is 2. The van der Waals surface area contributed by atoms with Crippen molar-refractivity contribution in [2.24, 2.45) is 5.92 Å². The highest BCUT2D eigenvalue weighted by Gasteiger charge is 2.24. The van der Waals surface area contributed by atoms with Crippen molar-refractivity contribution < 1.29 is 14.7 Å². The molecule has 6 nitrogen and oxygen atoms in total. The van der Waals surface area contributed by atoms with E-state index >= 15 is 0 Å². The van der Waals surface area contributed by atoms with Crippen LogP contribution in [-0.4, -0.2) is 26.8 Å². The van der Waals surface area contributed by atoms with Gasteiger partial charge in [-0.05, 0) is 11.5 Å². The Hall–Kier alpha value is -2.63. The highest BCUT2D eigenvalue weighted by Crippen LogP contribution is 2.25. The highest BCUT2D eigenvalue weighted by molar-refractivity contribution is 5.95. The minimum Gasteiger partial charge on any atom is -0.480 e. The third-order valence-corrected chi connectivity index (χ3v) is 3.30. The third kappa shape index (κ3) is 3.94. The lowest BCUT2D eigenvalue weighted by atomic mass is 9.88. The van der Waals surface area contributed by atoms with Crippen molar-refractivity contribution in [2.75, 3.05) is 5.32 Å². The summed E-state index contributed by atoms with van der Waals surface area (Å²) in [5.74, 6) is -0.936. The van der Waals surface area contributed by atoms with E-state index in [1.165, 1.54) is 10.9 Å². The van der Waals surface area contributed by atoms with Gasteiger partial charge in [-0.1, -0.05) is 44.2 Å². The summed E-state index contributed by atoms with van der Waals surface area (Å²) in [6.45, 7) is 3.74. The number of carbonyl (C=O) groups is 2. The van der Waals surface area contributed by atoms with Crippen LogP contribution in [0.2, 0.25) is 0 Å². The first-order chi connectivity index (χ1) is 10.5. The molecule has 1 atom stereocenters. The van der Waals surface area contributed by atoms with Gasteiger partial charge in [0.15, 0.2) is 5.82 Å². The van der Waals surface area contributed by atoms with Crippen LogP contribution in [0.15, 0.2) is 42.6 Å². The number of amides is 1. The van der Waals surface area contributed by atoms with Crippen LogP contribution in [0.25, 0.3) is 0 Å². The molecule has 1 aromatic carbocycles. The number of anilines is 1. The molecule has 0 aliphatic heterocycles. The minimum absolute atomic E-state index is 0.128. The highest BCUT2D eigenvalue weighted by atomic mass is 16.4. The zero-order valence-electron chi connectivity index (χ0n) is 12.6. The maximum Gasteiger partial charge on any atom is 0.325 e. The number of benzene rings is 1. The molecule has 0 saturated carbocycles. The van der Waals surface area contributed by atoms with Gasteiger partial charge in [0.2, 0.25) is 5.91 Å². The number of carboxylic acid groups (broad SMARTS) is 1. The molecular formula is C16H19N3O3. The maximum absolute atomic E-state index is 12.5. The topological polar surface area (TPSA) is 84.2 Å². The van der Waals surface area contributed by atoms with Gasteiger partial charge in [-0.25, -0.2) is 0 Å². The monoisotopic (exact) mass is 301 g/mol. The number of aliphatic carboxylic acids is 1. The van der Waals surface area contributed by atoms with Gasteiger partial charge in [0.05, 0.1) is 5.92 Å². The first-order valence-corrected chi connectivity index (χ1v) is 7.08. The van der Waals surface area contributed by atoms with Crippen LogP contribution < -0.4 is 5.32 Å². The lowest BCUT2D eigenvalue weighted by molar-refractivity contribution is -0.137. The van der Waals surface area contributed by atoms with Crippen molar-refractivity contribution in [1.29, 1.82) is 0 Å². The summed E-state index contributed by atoms with van der Waals surface area (Å²) >= 11 is 0. The quantitative estimate of drug-likeness (QED) is 0.857. The summed E-state index contributed by atoms with van der Waals surface area (Å²) in [4.78, 5) is 23.1. The molecular weight excluding hydrogens is 282 g/mol. The Labute approximate surface area is 128 Å². The van der Waals surface area contributed by atoms with E-state index in [9.17, 15) is 9.59 Å². The van der Waals surface area contributed by atoms with Gasteiger partial charge >= 0.3 is 5.97 Å². The number of rotatable bonds is 6. The first-order valence-electron chi connectivity index (χ1n) is 7.08. The second-order valence-electron chi connectivity index (χ2n) is 5.41. The summed E-state index contributed by atoms with van der Waals surface area (Å²) < 4.78 is 1.27. The van der Waals surface area contributed by atoms with E-state index in [1.54, 1.807) is 6.07 Å². The first kappa shape index (κ1) is 15.8. The molecule has 1 amide bonds. The van der Waals surface area contributed by atoms with Crippen LogP contribution in [0, 0.1) is 5.92 Å². The van der Waals surface area contributed by atoms with Gasteiger partial charge < -0.3 is 10.4 Å². The summed E-state index contributed by atoms with van der Waals surface area (Å²) in [5.41, 5.74) is 0.944. The molecule has 0 fully saturated rings. The van der Waals surface area contributed by atoms with Crippen molar-refractivity contribution in [1.82, 2.24) is 9.78 Å². The standard InChI is InChI=1S/C16H19N3O3/c1-11(2)15(12-6-4-3-5-7-12)16(22)17-13-8-9-19(18-13)10-14(20)21/h3-9,11,15H,10H2,1-2H3,(H,20,21)(H,17,18,22). The Kier molecular flexibility index (Phi) is 4.93. The summed E-state index contributed by atoms with van der Waals surface area (Å²) in [5, 5.41) is 15.5. The molecule has 22 heavy (non-hydrogen) atoms. The van der Waals surface area contributed by atoms with E-state index in [0.29, 0.717) is 5.82 Å². The number of nitrogens with one attached hydrogen (secondary N) is 1. The molecule has 6 heteroatoms. The van der Waals surface area contributed by atoms with Gasteiger partial charge in [0.1, 0.15) is 6.54 Å². The summed E-state index contributed by atoms with van der Waals surface area (Å²) in [7, 11) is 0. The van der Waals surface area contributed by atoms with E-state index in [-0.39, 0.29) is 24.3 Å². The fraction of sp³-hybridized carbons (Fsp3) is 0.312. The molecule has 0 spiro atoms. The molecule has 2 N–H and O–H groups in total. The van der Waals surface area contributed by atoms with Gasteiger partial charge in [-0.2, -0.15) is 5.10 Å². The molecule has 2 aromatic rings. The molecule has 0 aliphatic carbocycles. The normalized spacial score (nSPS) is 12.1. The molecule has 0 bridgehead atoms. The van der Waals surface area contributed by atoms with Crippen LogP contribution in [-0.2, 0) is 16.1 Å². The molecule has 1 heterocycles. The van der Waals surface area contributed by atoms with Gasteiger partial charge in [-0.3, -0.25) is 14.3 Å². The Morgan fingerprint density at radius 1 is 1.23 bits per heavy atom. The van der Waals surface area contributed by atoms with E-state index in [4.69, 9.17) is 5.11 Å². The SMILES string of the molecule is CC(C)C(C(=O)Nc1ccn(CC(=O)O)n1)c1ccccc1. The fourth-order valence-corrected chi connectivity index (χ4v) is 2.36. The predicted octanol–water partition coefficient (Wildman–Crippen LogP) is 2.35. The molecule has 2 rings (SSSR count). The maximum atomic E-state index is 12.5. The smallest absolute Gasteiger partial charge is 0.325 e. The molecule has 116 valence electrons. The molecule has 0 aliphatic rings. The number of hydrogen-bond acceptors (Lipinski definition) is 3. The van der Waals surface area contributed by atoms with Crippen LogP contribution in [0.4, 0.5) is 5.82 Å². The number of aromatic nitrogens is 2. The Balaban J connectivity index is 2.12. The Bertz CT molecular complexity index is 650. The Morgan fingerprint density at radius 2 is 1.91 bits per heavy atom. The second-order valence-corrected chi connectivity index (χ2v) is 5.41. The lowest BCUT2D eigenvalue weighted by Crippen LogP contribution is -2.25. The predicted molar refractivity (Wildman–Crippen MR) is 82.5 cm³/mol. The second kappa shape index (κ2) is 6.89. The minimum atomic E-state index is -0.981. The third-order valence-electron chi connectivity index (χ3n) is 3.30. The van der Waals surface area contributed by atoms with Gasteiger partial charge in [-0.15, -0.1) is 0 Å². The summed E-state index contributed by atoms with van der Waals surface area (Å²) in [6.07, 6.45) is 1.52. The molecule has 1 aromatic heterocycles. The fourth-order valence-electron chi connectivity index (χ4n) is 2.36. The van der Waals surface area contributed by atoms with Crippen LogP contribution in [0.5, 0.6) is 0 Å².